The zero-order chi connectivity index (χ0) is 11.4. The first kappa shape index (κ1) is 12.7. The molecule has 84 valence electrons. The highest BCUT2D eigenvalue weighted by Crippen LogP contribution is 2.25. The molecule has 0 fully saturated rings. The summed E-state index contributed by atoms with van der Waals surface area (Å²) in [5.74, 6) is 1.01. The minimum atomic E-state index is -0.141. The summed E-state index contributed by atoms with van der Waals surface area (Å²) in [5.41, 5.74) is 1.08. The van der Waals surface area contributed by atoms with Gasteiger partial charge in [-0.2, -0.15) is 0 Å². The van der Waals surface area contributed by atoms with Crippen LogP contribution in [0.4, 0.5) is 4.39 Å². The molecule has 0 aromatic heterocycles. The van der Waals surface area contributed by atoms with Crippen molar-refractivity contribution in [3.63, 3.8) is 0 Å². The summed E-state index contributed by atoms with van der Waals surface area (Å²) in [5, 5.41) is 0. The Labute approximate surface area is 100 Å². The predicted octanol–water partition coefficient (Wildman–Crippen LogP) is 4.42. The third-order valence-corrected chi connectivity index (χ3v) is 3.49. The molecule has 1 aromatic rings. The quantitative estimate of drug-likeness (QED) is 0.712. The third kappa shape index (κ3) is 3.94. The van der Waals surface area contributed by atoms with Gasteiger partial charge >= 0.3 is 0 Å². The number of hydrogen-bond donors (Lipinski definition) is 0. The maximum absolute atomic E-state index is 13.0. The van der Waals surface area contributed by atoms with Gasteiger partial charge in [-0.05, 0) is 36.0 Å². The standard InChI is InChI=1S/C13H18BrF/c1-9(2)13(10(3)14)8-11-5-4-6-12(15)7-11/h4-7,9-10,13H,8H2,1-3H3. The summed E-state index contributed by atoms with van der Waals surface area (Å²) >= 11 is 3.62. The molecule has 0 nitrogen and oxygen atoms in total. The van der Waals surface area contributed by atoms with Crippen molar-refractivity contribution in [2.75, 3.05) is 0 Å². The van der Waals surface area contributed by atoms with Gasteiger partial charge < -0.3 is 0 Å². The number of halogens is 2. The molecule has 1 rings (SSSR count). The Morgan fingerprint density at radius 1 is 1.27 bits per heavy atom. The monoisotopic (exact) mass is 272 g/mol. The van der Waals surface area contributed by atoms with Crippen LogP contribution in [0.25, 0.3) is 0 Å². The maximum Gasteiger partial charge on any atom is 0.123 e. The van der Waals surface area contributed by atoms with Crippen molar-refractivity contribution < 1.29 is 4.39 Å². The van der Waals surface area contributed by atoms with E-state index in [0.29, 0.717) is 16.7 Å². The molecule has 15 heavy (non-hydrogen) atoms. The molecule has 2 atom stereocenters. The molecule has 1 aromatic carbocycles. The first-order valence-corrected chi connectivity index (χ1v) is 6.30. The summed E-state index contributed by atoms with van der Waals surface area (Å²) in [6.07, 6.45) is 0.932. The van der Waals surface area contributed by atoms with Crippen LogP contribution in [-0.4, -0.2) is 4.83 Å². The zero-order valence-electron chi connectivity index (χ0n) is 9.50. The van der Waals surface area contributed by atoms with Crippen LogP contribution in [-0.2, 0) is 6.42 Å². The molecule has 0 bridgehead atoms. The highest BCUT2D eigenvalue weighted by molar-refractivity contribution is 9.09. The Hall–Kier alpha value is -0.370. The SMILES string of the molecule is CC(C)C(Cc1cccc(F)c1)C(C)Br. The highest BCUT2D eigenvalue weighted by atomic mass is 79.9. The van der Waals surface area contributed by atoms with Crippen LogP contribution in [0.15, 0.2) is 24.3 Å². The van der Waals surface area contributed by atoms with Crippen LogP contribution in [0, 0.1) is 17.7 Å². The van der Waals surface area contributed by atoms with E-state index in [1.54, 1.807) is 12.1 Å². The van der Waals surface area contributed by atoms with E-state index in [-0.39, 0.29) is 5.82 Å². The Kier molecular flexibility index (Phi) is 4.78. The highest BCUT2D eigenvalue weighted by Gasteiger charge is 2.19. The lowest BCUT2D eigenvalue weighted by atomic mass is 9.87. The van der Waals surface area contributed by atoms with Crippen molar-refractivity contribution in [3.05, 3.63) is 35.6 Å². The van der Waals surface area contributed by atoms with Gasteiger partial charge in [0.15, 0.2) is 0 Å². The van der Waals surface area contributed by atoms with Gasteiger partial charge in [0.05, 0.1) is 0 Å². The van der Waals surface area contributed by atoms with Crippen molar-refractivity contribution in [2.24, 2.45) is 11.8 Å². The lowest BCUT2D eigenvalue weighted by Gasteiger charge is -2.23. The second-order valence-electron chi connectivity index (χ2n) is 4.42. The van der Waals surface area contributed by atoms with E-state index in [4.69, 9.17) is 0 Å². The Balaban J connectivity index is 2.74. The molecule has 0 spiro atoms. The maximum atomic E-state index is 13.0. The van der Waals surface area contributed by atoms with Crippen molar-refractivity contribution in [3.8, 4) is 0 Å². The predicted molar refractivity (Wildman–Crippen MR) is 66.8 cm³/mol. The molecule has 0 radical (unpaired) electrons. The summed E-state index contributed by atoms with van der Waals surface area (Å²) in [7, 11) is 0. The van der Waals surface area contributed by atoms with Gasteiger partial charge in [-0.25, -0.2) is 4.39 Å². The molecular formula is C13H18BrF. The molecule has 0 saturated carbocycles. The van der Waals surface area contributed by atoms with Gasteiger partial charge in [0.1, 0.15) is 5.82 Å². The van der Waals surface area contributed by atoms with Crippen molar-refractivity contribution >= 4 is 15.9 Å². The van der Waals surface area contributed by atoms with Crippen LogP contribution in [0.5, 0.6) is 0 Å². The molecule has 0 amide bonds. The van der Waals surface area contributed by atoms with Crippen LogP contribution in [0.1, 0.15) is 26.3 Å². The lowest BCUT2D eigenvalue weighted by molar-refractivity contribution is 0.383. The molecule has 0 aliphatic rings. The fraction of sp³-hybridized carbons (Fsp3) is 0.538. The van der Waals surface area contributed by atoms with E-state index in [1.807, 2.05) is 6.07 Å². The first-order valence-electron chi connectivity index (χ1n) is 5.39. The third-order valence-electron chi connectivity index (χ3n) is 2.81. The van der Waals surface area contributed by atoms with Crippen molar-refractivity contribution in [1.29, 1.82) is 0 Å². The van der Waals surface area contributed by atoms with Crippen LogP contribution >= 0.6 is 15.9 Å². The van der Waals surface area contributed by atoms with Gasteiger partial charge in [0, 0.05) is 4.83 Å². The van der Waals surface area contributed by atoms with Gasteiger partial charge in [-0.3, -0.25) is 0 Å². The lowest BCUT2D eigenvalue weighted by Crippen LogP contribution is -2.20. The number of benzene rings is 1. The van der Waals surface area contributed by atoms with E-state index >= 15 is 0 Å². The van der Waals surface area contributed by atoms with Crippen molar-refractivity contribution in [1.82, 2.24) is 0 Å². The Morgan fingerprint density at radius 2 is 1.93 bits per heavy atom. The van der Waals surface area contributed by atoms with Crippen LogP contribution in [0.2, 0.25) is 0 Å². The van der Waals surface area contributed by atoms with Crippen LogP contribution in [0.3, 0.4) is 0 Å². The number of rotatable bonds is 4. The molecule has 2 heteroatoms. The molecule has 0 aliphatic heterocycles. The van der Waals surface area contributed by atoms with Gasteiger partial charge in [0.2, 0.25) is 0 Å². The van der Waals surface area contributed by atoms with Crippen molar-refractivity contribution in [2.45, 2.75) is 32.0 Å². The molecule has 0 aliphatic carbocycles. The normalized spacial score (nSPS) is 15.3. The van der Waals surface area contributed by atoms with E-state index in [0.717, 1.165) is 12.0 Å². The minimum absolute atomic E-state index is 0.141. The van der Waals surface area contributed by atoms with E-state index in [9.17, 15) is 4.39 Å². The van der Waals surface area contributed by atoms with Gasteiger partial charge in [-0.1, -0.05) is 48.8 Å². The van der Waals surface area contributed by atoms with Crippen LogP contribution < -0.4 is 0 Å². The average molecular weight is 273 g/mol. The minimum Gasteiger partial charge on any atom is -0.207 e. The summed E-state index contributed by atoms with van der Waals surface area (Å²) in [4.78, 5) is 0.459. The first-order chi connectivity index (χ1) is 7.00. The second kappa shape index (κ2) is 5.64. The molecule has 0 saturated heterocycles. The zero-order valence-corrected chi connectivity index (χ0v) is 11.1. The summed E-state index contributed by atoms with van der Waals surface area (Å²) < 4.78 is 13.0. The molecule has 0 heterocycles. The largest absolute Gasteiger partial charge is 0.207 e. The number of hydrogen-bond acceptors (Lipinski definition) is 0. The average Bonchev–Trinajstić information content (AvgIpc) is 2.13. The fourth-order valence-corrected chi connectivity index (χ4v) is 2.66. The smallest absolute Gasteiger partial charge is 0.123 e. The molecular weight excluding hydrogens is 255 g/mol. The van der Waals surface area contributed by atoms with E-state index in [2.05, 4.69) is 36.7 Å². The molecule has 0 N–H and O–H groups in total. The summed E-state index contributed by atoms with van der Waals surface area (Å²) in [6, 6.07) is 6.89. The van der Waals surface area contributed by atoms with E-state index in [1.165, 1.54) is 6.07 Å². The Bertz CT molecular complexity index is 299. The van der Waals surface area contributed by atoms with Gasteiger partial charge in [-0.15, -0.1) is 0 Å². The number of alkyl halides is 1. The fourth-order valence-electron chi connectivity index (χ4n) is 1.86. The van der Waals surface area contributed by atoms with Gasteiger partial charge in [0.25, 0.3) is 0 Å². The summed E-state index contributed by atoms with van der Waals surface area (Å²) in [6.45, 7) is 6.58. The molecule has 2 unspecified atom stereocenters. The topological polar surface area (TPSA) is 0 Å². The second-order valence-corrected chi connectivity index (χ2v) is 5.86. The van der Waals surface area contributed by atoms with E-state index < -0.39 is 0 Å². The Morgan fingerprint density at radius 3 is 2.40 bits per heavy atom.